The quantitative estimate of drug-likeness (QED) is 0.379. The number of aromatic nitrogens is 4. The molecule has 3 heterocycles. The number of pyridine rings is 2. The Morgan fingerprint density at radius 1 is 1.13 bits per heavy atom. The number of fused-ring (bicyclic) bond motifs is 1. The number of carbonyl (C=O) groups excluding carboxylic acids is 1. The molecular formula is C22H20ClN5O2. The van der Waals surface area contributed by atoms with Gasteiger partial charge in [0.15, 0.2) is 17.2 Å². The highest BCUT2D eigenvalue weighted by Crippen LogP contribution is 2.30. The van der Waals surface area contributed by atoms with Crippen molar-refractivity contribution in [3.63, 3.8) is 0 Å². The van der Waals surface area contributed by atoms with Crippen LogP contribution < -0.4 is 5.73 Å². The van der Waals surface area contributed by atoms with Gasteiger partial charge in [-0.15, -0.1) is 11.6 Å². The molecule has 2 N–H and O–H groups in total. The first-order valence-corrected chi connectivity index (χ1v) is 9.98. The lowest BCUT2D eigenvalue weighted by Gasteiger charge is -2.11. The largest absolute Gasteiger partial charge is 0.458 e. The monoisotopic (exact) mass is 421 g/mol. The van der Waals surface area contributed by atoms with Crippen LogP contribution in [-0.4, -0.2) is 31.6 Å². The van der Waals surface area contributed by atoms with Gasteiger partial charge in [0.2, 0.25) is 0 Å². The molecule has 0 amide bonds. The fourth-order valence-electron chi connectivity index (χ4n) is 3.11. The van der Waals surface area contributed by atoms with Gasteiger partial charge in [-0.2, -0.15) is 0 Å². The third-order valence-electron chi connectivity index (χ3n) is 4.48. The van der Waals surface area contributed by atoms with Crippen molar-refractivity contribution in [1.82, 2.24) is 19.5 Å². The number of rotatable bonds is 5. The number of halogens is 1. The molecule has 0 fully saturated rings. The van der Waals surface area contributed by atoms with E-state index in [0.29, 0.717) is 34.2 Å². The number of anilines is 1. The van der Waals surface area contributed by atoms with Crippen molar-refractivity contribution < 1.29 is 9.53 Å². The highest BCUT2D eigenvalue weighted by atomic mass is 35.5. The summed E-state index contributed by atoms with van der Waals surface area (Å²) >= 11 is 5.94. The maximum Gasteiger partial charge on any atom is 0.357 e. The predicted molar refractivity (Wildman–Crippen MR) is 117 cm³/mol. The first kappa shape index (κ1) is 19.8. The van der Waals surface area contributed by atoms with Crippen molar-refractivity contribution in [1.29, 1.82) is 0 Å². The molecule has 0 aliphatic heterocycles. The molecule has 0 spiro atoms. The van der Waals surface area contributed by atoms with Crippen molar-refractivity contribution >= 4 is 34.6 Å². The molecule has 4 aromatic rings. The molecule has 0 bridgehead atoms. The Balaban J connectivity index is 1.96. The minimum atomic E-state index is -0.487. The third-order valence-corrected chi connectivity index (χ3v) is 4.79. The third kappa shape index (κ3) is 3.71. The number of nitrogens with two attached hydrogens (primary N) is 1. The van der Waals surface area contributed by atoms with Crippen molar-refractivity contribution in [3.05, 3.63) is 66.0 Å². The SMILES string of the molecule is CC(C)OC(=O)c1ccc2nc(-c3cccnc3N)n(-c3ccc(CCl)cc3)c2n1. The van der Waals surface area contributed by atoms with Gasteiger partial charge < -0.3 is 10.5 Å². The number of imidazole rings is 1. The van der Waals surface area contributed by atoms with E-state index in [0.717, 1.165) is 11.3 Å². The normalized spacial score (nSPS) is 11.2. The van der Waals surface area contributed by atoms with Gasteiger partial charge in [-0.05, 0) is 55.8 Å². The molecule has 0 aliphatic carbocycles. The average molecular weight is 422 g/mol. The van der Waals surface area contributed by atoms with Gasteiger partial charge in [0.05, 0.1) is 11.7 Å². The Labute approximate surface area is 178 Å². The predicted octanol–water partition coefficient (Wildman–Crippen LogP) is 4.37. The van der Waals surface area contributed by atoms with Crippen LogP contribution >= 0.6 is 11.6 Å². The summed E-state index contributed by atoms with van der Waals surface area (Å²) in [5.74, 6) is 0.859. The summed E-state index contributed by atoms with van der Waals surface area (Å²) in [6.07, 6.45) is 1.38. The number of nitrogen functional groups attached to an aromatic ring is 1. The van der Waals surface area contributed by atoms with Crippen LogP contribution in [-0.2, 0) is 10.6 Å². The van der Waals surface area contributed by atoms with Gasteiger partial charge in [0.25, 0.3) is 0 Å². The Kier molecular flexibility index (Phi) is 5.37. The van der Waals surface area contributed by atoms with E-state index in [-0.39, 0.29) is 11.8 Å². The van der Waals surface area contributed by atoms with Crippen LogP contribution in [0.3, 0.4) is 0 Å². The number of benzene rings is 1. The van der Waals surface area contributed by atoms with E-state index in [1.165, 1.54) is 0 Å². The fraction of sp³-hybridized carbons (Fsp3) is 0.182. The van der Waals surface area contributed by atoms with Crippen molar-refractivity contribution in [2.45, 2.75) is 25.8 Å². The summed E-state index contributed by atoms with van der Waals surface area (Å²) in [6, 6.07) is 14.7. The number of carbonyl (C=O) groups is 1. The van der Waals surface area contributed by atoms with Gasteiger partial charge in [-0.3, -0.25) is 4.57 Å². The molecule has 152 valence electrons. The van der Waals surface area contributed by atoms with Gasteiger partial charge in [-0.1, -0.05) is 12.1 Å². The van der Waals surface area contributed by atoms with Crippen molar-refractivity contribution in [3.8, 4) is 17.1 Å². The minimum absolute atomic E-state index is 0.209. The number of ether oxygens (including phenoxy) is 1. The lowest BCUT2D eigenvalue weighted by Crippen LogP contribution is -2.13. The second-order valence-corrected chi connectivity index (χ2v) is 7.27. The zero-order chi connectivity index (χ0) is 21.3. The lowest BCUT2D eigenvalue weighted by molar-refractivity contribution is 0.0371. The maximum atomic E-state index is 12.4. The van der Waals surface area contributed by atoms with Crippen LogP contribution in [0.25, 0.3) is 28.2 Å². The smallest absolute Gasteiger partial charge is 0.357 e. The summed E-state index contributed by atoms with van der Waals surface area (Å²) in [5.41, 5.74) is 9.94. The minimum Gasteiger partial charge on any atom is -0.458 e. The molecule has 0 saturated heterocycles. The first-order valence-electron chi connectivity index (χ1n) is 9.44. The van der Waals surface area contributed by atoms with Crippen LogP contribution in [0, 0.1) is 0 Å². The molecule has 0 unspecified atom stereocenters. The Morgan fingerprint density at radius 3 is 2.57 bits per heavy atom. The molecule has 0 atom stereocenters. The molecule has 8 heteroatoms. The molecule has 0 aliphatic rings. The zero-order valence-corrected chi connectivity index (χ0v) is 17.3. The van der Waals surface area contributed by atoms with Gasteiger partial charge >= 0.3 is 5.97 Å². The van der Waals surface area contributed by atoms with Gasteiger partial charge in [0.1, 0.15) is 11.3 Å². The Hall–Kier alpha value is -3.45. The van der Waals surface area contributed by atoms with Crippen LogP contribution in [0.2, 0.25) is 0 Å². The average Bonchev–Trinajstić information content (AvgIpc) is 3.12. The van der Waals surface area contributed by atoms with Crippen molar-refractivity contribution in [2.24, 2.45) is 0 Å². The number of nitrogens with zero attached hydrogens (tertiary/aromatic N) is 4. The van der Waals surface area contributed by atoms with Gasteiger partial charge in [0, 0.05) is 17.8 Å². The molecule has 4 rings (SSSR count). The first-order chi connectivity index (χ1) is 14.5. The standard InChI is InChI=1S/C22H20ClN5O2/c1-13(2)30-22(29)18-10-9-17-21(27-18)28(15-7-5-14(12-23)6-8-15)20(26-17)16-4-3-11-25-19(16)24/h3-11,13H,12H2,1-2H3,(H2,24,25). The van der Waals surface area contributed by atoms with Crippen LogP contribution in [0.1, 0.15) is 29.9 Å². The van der Waals surface area contributed by atoms with Crippen molar-refractivity contribution in [2.75, 3.05) is 5.73 Å². The number of alkyl halides is 1. The highest BCUT2D eigenvalue weighted by Gasteiger charge is 2.20. The summed E-state index contributed by atoms with van der Waals surface area (Å²) in [4.78, 5) is 25.9. The van der Waals surface area contributed by atoms with E-state index >= 15 is 0 Å². The second-order valence-electron chi connectivity index (χ2n) is 7.00. The van der Waals surface area contributed by atoms with Gasteiger partial charge in [-0.25, -0.2) is 19.7 Å². The molecule has 0 saturated carbocycles. The molecule has 3 aromatic heterocycles. The van der Waals surface area contributed by atoms with E-state index in [2.05, 4.69) is 9.97 Å². The molecule has 7 nitrogen and oxygen atoms in total. The maximum absolute atomic E-state index is 12.4. The number of esters is 1. The van der Waals surface area contributed by atoms with E-state index in [1.807, 2.05) is 34.9 Å². The van der Waals surface area contributed by atoms with E-state index in [9.17, 15) is 4.79 Å². The molecule has 1 aromatic carbocycles. The summed E-state index contributed by atoms with van der Waals surface area (Å²) < 4.78 is 7.15. The van der Waals surface area contributed by atoms with E-state index < -0.39 is 5.97 Å². The van der Waals surface area contributed by atoms with Crippen LogP contribution in [0.15, 0.2) is 54.7 Å². The van der Waals surface area contributed by atoms with Crippen LogP contribution in [0.5, 0.6) is 0 Å². The summed E-state index contributed by atoms with van der Waals surface area (Å²) in [6.45, 7) is 3.59. The van der Waals surface area contributed by atoms with E-state index in [1.54, 1.807) is 38.2 Å². The molecule has 30 heavy (non-hydrogen) atoms. The number of hydrogen-bond acceptors (Lipinski definition) is 6. The summed E-state index contributed by atoms with van der Waals surface area (Å²) in [7, 11) is 0. The highest BCUT2D eigenvalue weighted by molar-refractivity contribution is 6.17. The lowest BCUT2D eigenvalue weighted by atomic mass is 10.2. The van der Waals surface area contributed by atoms with E-state index in [4.69, 9.17) is 27.1 Å². The molecule has 0 radical (unpaired) electrons. The Bertz CT molecular complexity index is 1220. The number of hydrogen-bond donors (Lipinski definition) is 1. The fourth-order valence-corrected chi connectivity index (χ4v) is 3.29. The Morgan fingerprint density at radius 2 is 1.90 bits per heavy atom. The topological polar surface area (TPSA) is 95.9 Å². The molecular weight excluding hydrogens is 402 g/mol. The second kappa shape index (κ2) is 8.12. The zero-order valence-electron chi connectivity index (χ0n) is 16.5. The van der Waals surface area contributed by atoms with Crippen LogP contribution in [0.4, 0.5) is 5.82 Å². The summed E-state index contributed by atoms with van der Waals surface area (Å²) in [5, 5.41) is 0.